The summed E-state index contributed by atoms with van der Waals surface area (Å²) in [6, 6.07) is 8.28. The highest BCUT2D eigenvalue weighted by molar-refractivity contribution is 6.01. The first-order valence-electron chi connectivity index (χ1n) is 8.63. The van der Waals surface area contributed by atoms with Gasteiger partial charge in [-0.25, -0.2) is 19.7 Å². The molecule has 144 valence electrons. The monoisotopic (exact) mass is 390 g/mol. The van der Waals surface area contributed by atoms with Gasteiger partial charge < -0.3 is 15.2 Å². The molecular formula is C19H14N6O4. The fourth-order valence-electron chi connectivity index (χ4n) is 2.86. The third kappa shape index (κ3) is 3.49. The Labute approximate surface area is 164 Å². The number of amides is 2. The second kappa shape index (κ2) is 7.40. The number of carbonyl (C=O) groups excluding carboxylic acids is 2. The van der Waals surface area contributed by atoms with E-state index in [4.69, 9.17) is 10.00 Å². The Bertz CT molecular complexity index is 1160. The minimum absolute atomic E-state index is 0.144. The van der Waals surface area contributed by atoms with Crippen LogP contribution in [-0.2, 0) is 11.3 Å². The Hall–Kier alpha value is -4.26. The number of cyclic esters (lactones) is 1. The Morgan fingerprint density at radius 1 is 1.28 bits per heavy atom. The number of nitrogens with zero attached hydrogens (tertiary/aromatic N) is 5. The molecule has 1 aliphatic heterocycles. The highest BCUT2D eigenvalue weighted by atomic mass is 16.6. The van der Waals surface area contributed by atoms with Crippen LogP contribution in [0.4, 0.5) is 10.6 Å². The molecule has 0 atom stereocenters. The van der Waals surface area contributed by atoms with Crippen LogP contribution in [0.15, 0.2) is 36.7 Å². The van der Waals surface area contributed by atoms with Gasteiger partial charge in [0.1, 0.15) is 24.2 Å². The molecule has 0 aromatic carbocycles. The van der Waals surface area contributed by atoms with Crippen molar-refractivity contribution in [1.82, 2.24) is 20.3 Å². The predicted octanol–water partition coefficient (Wildman–Crippen LogP) is 1.49. The molecule has 10 nitrogen and oxygen atoms in total. The molecule has 0 radical (unpaired) electrons. The summed E-state index contributed by atoms with van der Waals surface area (Å²) >= 11 is 0. The Kier molecular flexibility index (Phi) is 4.62. The number of pyridine rings is 3. The maximum atomic E-state index is 12.4. The van der Waals surface area contributed by atoms with E-state index in [1.54, 1.807) is 24.3 Å². The molecule has 0 spiro atoms. The first-order valence-corrected chi connectivity index (χ1v) is 8.63. The molecule has 2 N–H and O–H groups in total. The van der Waals surface area contributed by atoms with E-state index in [0.29, 0.717) is 28.8 Å². The molecule has 0 bridgehead atoms. The highest BCUT2D eigenvalue weighted by Crippen LogP contribution is 2.28. The second-order valence-corrected chi connectivity index (χ2v) is 6.17. The van der Waals surface area contributed by atoms with Crippen molar-refractivity contribution in [2.45, 2.75) is 6.54 Å². The summed E-state index contributed by atoms with van der Waals surface area (Å²) in [6.07, 6.45) is 2.36. The number of carbonyl (C=O) groups is 2. The highest BCUT2D eigenvalue weighted by Gasteiger charge is 2.25. The van der Waals surface area contributed by atoms with Crippen molar-refractivity contribution < 1.29 is 19.4 Å². The van der Waals surface area contributed by atoms with Gasteiger partial charge in [-0.1, -0.05) is 6.07 Å². The SMILES string of the molecule is N#Cc1ccc(CNC(=O)c2ncc3nc(N4CCOC4=O)ccc3c2O)cn1. The van der Waals surface area contributed by atoms with Crippen molar-refractivity contribution in [2.75, 3.05) is 18.1 Å². The molecule has 2 amide bonds. The van der Waals surface area contributed by atoms with E-state index in [9.17, 15) is 14.7 Å². The molecule has 0 unspecified atom stereocenters. The number of anilines is 1. The third-order valence-corrected chi connectivity index (χ3v) is 4.35. The first-order chi connectivity index (χ1) is 14.1. The molecule has 1 fully saturated rings. The quantitative estimate of drug-likeness (QED) is 0.682. The van der Waals surface area contributed by atoms with Crippen molar-refractivity contribution in [1.29, 1.82) is 5.26 Å². The molecule has 3 aromatic heterocycles. The number of aromatic nitrogens is 3. The lowest BCUT2D eigenvalue weighted by atomic mass is 10.2. The fourth-order valence-corrected chi connectivity index (χ4v) is 2.86. The fraction of sp³-hybridized carbons (Fsp3) is 0.158. The lowest BCUT2D eigenvalue weighted by Gasteiger charge is -2.13. The molecule has 1 aliphatic rings. The molecule has 0 saturated carbocycles. The summed E-state index contributed by atoms with van der Waals surface area (Å²) in [5.41, 5.74) is 1.17. The number of rotatable bonds is 4. The standard InChI is InChI=1S/C19H14N6O4/c20-7-12-2-1-11(8-21-12)9-23-18(27)16-17(26)13-3-4-15(24-14(13)10-22-16)25-5-6-29-19(25)28/h1-4,8,10,26H,5-6,9H2,(H,23,27). The van der Waals surface area contributed by atoms with E-state index in [1.807, 2.05) is 6.07 Å². The summed E-state index contributed by atoms with van der Waals surface area (Å²) in [5, 5.41) is 22.2. The third-order valence-electron chi connectivity index (χ3n) is 4.35. The van der Waals surface area contributed by atoms with E-state index in [0.717, 1.165) is 0 Å². The lowest BCUT2D eigenvalue weighted by Crippen LogP contribution is -2.25. The maximum Gasteiger partial charge on any atom is 0.415 e. The van der Waals surface area contributed by atoms with Crippen molar-refractivity contribution in [3.63, 3.8) is 0 Å². The van der Waals surface area contributed by atoms with Crippen molar-refractivity contribution in [3.8, 4) is 11.8 Å². The predicted molar refractivity (Wildman–Crippen MR) is 100 cm³/mol. The van der Waals surface area contributed by atoms with Crippen LogP contribution in [0.2, 0.25) is 0 Å². The zero-order chi connectivity index (χ0) is 20.4. The van der Waals surface area contributed by atoms with Gasteiger partial charge >= 0.3 is 6.09 Å². The zero-order valence-electron chi connectivity index (χ0n) is 15.0. The smallest absolute Gasteiger partial charge is 0.415 e. The van der Waals surface area contributed by atoms with Crippen LogP contribution in [0.1, 0.15) is 21.7 Å². The summed E-state index contributed by atoms with van der Waals surface area (Å²) in [4.78, 5) is 37.7. The topological polar surface area (TPSA) is 141 Å². The number of fused-ring (bicyclic) bond motifs is 1. The van der Waals surface area contributed by atoms with Gasteiger partial charge in [-0.3, -0.25) is 9.69 Å². The molecular weight excluding hydrogens is 376 g/mol. The van der Waals surface area contributed by atoms with Crippen LogP contribution in [0.5, 0.6) is 5.75 Å². The minimum Gasteiger partial charge on any atom is -0.505 e. The molecule has 3 aromatic rings. The largest absolute Gasteiger partial charge is 0.505 e. The van der Waals surface area contributed by atoms with Gasteiger partial charge in [0.15, 0.2) is 11.4 Å². The van der Waals surface area contributed by atoms with Crippen LogP contribution >= 0.6 is 0 Å². The van der Waals surface area contributed by atoms with Crippen LogP contribution < -0.4 is 10.2 Å². The number of aromatic hydroxyl groups is 1. The molecule has 29 heavy (non-hydrogen) atoms. The number of hydrogen-bond donors (Lipinski definition) is 2. The average Bonchev–Trinajstić information content (AvgIpc) is 3.18. The number of ether oxygens (including phenoxy) is 1. The van der Waals surface area contributed by atoms with Crippen molar-refractivity contribution in [2.24, 2.45) is 0 Å². The van der Waals surface area contributed by atoms with Gasteiger partial charge in [-0.2, -0.15) is 5.26 Å². The van der Waals surface area contributed by atoms with Gasteiger partial charge in [0.2, 0.25) is 0 Å². The summed E-state index contributed by atoms with van der Waals surface area (Å²) in [7, 11) is 0. The lowest BCUT2D eigenvalue weighted by molar-refractivity contribution is 0.0943. The van der Waals surface area contributed by atoms with Gasteiger partial charge in [0, 0.05) is 18.1 Å². The molecule has 1 saturated heterocycles. The normalized spacial score (nSPS) is 13.2. The average molecular weight is 390 g/mol. The van der Waals surface area contributed by atoms with E-state index in [-0.39, 0.29) is 30.3 Å². The molecule has 4 heterocycles. The number of nitriles is 1. The minimum atomic E-state index is -0.569. The van der Waals surface area contributed by atoms with Gasteiger partial charge in [-0.05, 0) is 23.8 Å². The van der Waals surface area contributed by atoms with Crippen molar-refractivity contribution in [3.05, 3.63) is 53.6 Å². The van der Waals surface area contributed by atoms with E-state index >= 15 is 0 Å². The Balaban J connectivity index is 1.54. The van der Waals surface area contributed by atoms with Crippen LogP contribution in [0, 0.1) is 11.3 Å². The van der Waals surface area contributed by atoms with Crippen LogP contribution in [-0.4, -0.2) is 45.2 Å². The molecule has 4 rings (SSSR count). The van der Waals surface area contributed by atoms with E-state index in [1.165, 1.54) is 17.3 Å². The van der Waals surface area contributed by atoms with Gasteiger partial charge in [0.25, 0.3) is 5.91 Å². The number of nitrogens with one attached hydrogen (secondary N) is 1. The maximum absolute atomic E-state index is 12.4. The molecule has 0 aliphatic carbocycles. The number of hydrogen-bond acceptors (Lipinski definition) is 8. The van der Waals surface area contributed by atoms with Crippen LogP contribution in [0.25, 0.3) is 10.9 Å². The first kappa shape index (κ1) is 18.1. The van der Waals surface area contributed by atoms with Crippen LogP contribution in [0.3, 0.4) is 0 Å². The summed E-state index contributed by atoms with van der Waals surface area (Å²) in [5.74, 6) is -0.492. The Morgan fingerprint density at radius 2 is 2.14 bits per heavy atom. The summed E-state index contributed by atoms with van der Waals surface area (Å²) in [6.45, 7) is 0.836. The van der Waals surface area contributed by atoms with E-state index in [2.05, 4.69) is 20.3 Å². The van der Waals surface area contributed by atoms with Gasteiger partial charge in [-0.15, -0.1) is 0 Å². The summed E-state index contributed by atoms with van der Waals surface area (Å²) < 4.78 is 4.89. The Morgan fingerprint density at radius 3 is 2.83 bits per heavy atom. The zero-order valence-corrected chi connectivity index (χ0v) is 15.0. The van der Waals surface area contributed by atoms with Crippen molar-refractivity contribution >= 4 is 28.7 Å². The van der Waals surface area contributed by atoms with E-state index < -0.39 is 12.0 Å². The van der Waals surface area contributed by atoms with Gasteiger partial charge in [0.05, 0.1) is 18.3 Å². The molecule has 10 heteroatoms. The second-order valence-electron chi connectivity index (χ2n) is 6.17.